The molecule has 192 valence electrons. The fraction of sp³-hybridized carbons (Fsp3) is 0.242. The van der Waals surface area contributed by atoms with E-state index in [4.69, 9.17) is 4.74 Å². The van der Waals surface area contributed by atoms with Crippen molar-refractivity contribution in [2.24, 2.45) is 17.8 Å². The van der Waals surface area contributed by atoms with Crippen molar-refractivity contribution in [3.05, 3.63) is 138 Å². The second kappa shape index (κ2) is 9.97. The Morgan fingerprint density at radius 3 is 1.61 bits per heavy atom. The molecule has 0 aliphatic heterocycles. The number of fused-ring (bicyclic) bond motifs is 2. The van der Waals surface area contributed by atoms with Gasteiger partial charge in [-0.2, -0.15) is 0 Å². The van der Waals surface area contributed by atoms with Crippen molar-refractivity contribution in [3.63, 3.8) is 0 Å². The van der Waals surface area contributed by atoms with Crippen molar-refractivity contribution < 1.29 is 17.9 Å². The van der Waals surface area contributed by atoms with Crippen molar-refractivity contribution in [2.75, 3.05) is 5.75 Å². The van der Waals surface area contributed by atoms with Gasteiger partial charge in [0.25, 0.3) is 0 Å². The molecule has 4 aromatic rings. The highest BCUT2D eigenvalue weighted by Gasteiger charge is 2.57. The zero-order valence-corrected chi connectivity index (χ0v) is 21.8. The number of Topliss-reactive ketones (excluding diaryl/α,β-unsaturated/α-hetero) is 1. The van der Waals surface area contributed by atoms with Crippen LogP contribution in [0, 0.1) is 17.8 Å². The third-order valence-corrected chi connectivity index (χ3v) is 10.0. The van der Waals surface area contributed by atoms with Crippen LogP contribution in [0.3, 0.4) is 0 Å². The van der Waals surface area contributed by atoms with Crippen molar-refractivity contribution in [1.82, 2.24) is 0 Å². The predicted molar refractivity (Wildman–Crippen MR) is 147 cm³/mol. The lowest BCUT2D eigenvalue weighted by Gasteiger charge is -2.39. The number of rotatable bonds is 8. The fourth-order valence-corrected chi connectivity index (χ4v) is 8.22. The second-order valence-corrected chi connectivity index (χ2v) is 12.4. The molecule has 2 aliphatic carbocycles. The van der Waals surface area contributed by atoms with Crippen LogP contribution in [0.1, 0.15) is 29.5 Å². The smallest absolute Gasteiger partial charge is 0.178 e. The van der Waals surface area contributed by atoms with Gasteiger partial charge in [0.2, 0.25) is 0 Å². The maximum atomic E-state index is 13.3. The highest BCUT2D eigenvalue weighted by Crippen LogP contribution is 2.53. The van der Waals surface area contributed by atoms with E-state index in [0.29, 0.717) is 17.7 Å². The van der Waals surface area contributed by atoms with E-state index >= 15 is 0 Å². The monoisotopic (exact) mass is 522 g/mol. The fourth-order valence-electron chi connectivity index (χ4n) is 6.55. The van der Waals surface area contributed by atoms with Gasteiger partial charge in [-0.15, -0.1) is 0 Å². The molecule has 5 heteroatoms. The van der Waals surface area contributed by atoms with Crippen LogP contribution in [0.5, 0.6) is 0 Å². The predicted octanol–water partition coefficient (Wildman–Crippen LogP) is 6.06. The Hall–Kier alpha value is -3.54. The van der Waals surface area contributed by atoms with E-state index in [-0.39, 0.29) is 29.5 Å². The first-order valence-corrected chi connectivity index (χ1v) is 14.8. The van der Waals surface area contributed by atoms with Gasteiger partial charge in [0, 0.05) is 12.3 Å². The molecule has 0 heterocycles. The maximum absolute atomic E-state index is 13.3. The normalized spacial score (nSPS) is 23.0. The van der Waals surface area contributed by atoms with E-state index in [2.05, 4.69) is 36.4 Å². The molecule has 2 fully saturated rings. The van der Waals surface area contributed by atoms with Gasteiger partial charge in [0.15, 0.2) is 9.84 Å². The first kappa shape index (κ1) is 24.8. The van der Waals surface area contributed by atoms with Crippen LogP contribution >= 0.6 is 0 Å². The van der Waals surface area contributed by atoms with Gasteiger partial charge >= 0.3 is 0 Å². The van der Waals surface area contributed by atoms with E-state index < -0.39 is 21.4 Å². The molecule has 4 atom stereocenters. The molecule has 38 heavy (non-hydrogen) atoms. The Morgan fingerprint density at radius 1 is 0.684 bits per heavy atom. The van der Waals surface area contributed by atoms with Crippen molar-refractivity contribution in [1.29, 1.82) is 0 Å². The largest absolute Gasteiger partial charge is 0.357 e. The summed E-state index contributed by atoms with van der Waals surface area (Å²) in [6.07, 6.45) is 0.729. The summed E-state index contributed by atoms with van der Waals surface area (Å²) in [7, 11) is -3.52. The molecule has 2 bridgehead atoms. The molecule has 0 amide bonds. The minimum atomic E-state index is -3.52. The summed E-state index contributed by atoms with van der Waals surface area (Å²) in [5, 5.41) is 0. The summed E-state index contributed by atoms with van der Waals surface area (Å²) in [6, 6.07) is 38.9. The lowest BCUT2D eigenvalue weighted by atomic mass is 9.79. The number of ketones is 1. The molecule has 0 saturated heterocycles. The van der Waals surface area contributed by atoms with Crippen LogP contribution < -0.4 is 0 Å². The molecule has 2 saturated carbocycles. The molecule has 0 aromatic heterocycles. The molecule has 2 aliphatic rings. The molecule has 6 rings (SSSR count). The van der Waals surface area contributed by atoms with Gasteiger partial charge < -0.3 is 4.74 Å². The van der Waals surface area contributed by atoms with Crippen LogP contribution in [0.4, 0.5) is 0 Å². The number of sulfone groups is 1. The van der Waals surface area contributed by atoms with E-state index in [1.165, 1.54) is 0 Å². The molecule has 0 radical (unpaired) electrons. The van der Waals surface area contributed by atoms with Crippen LogP contribution in [-0.2, 0) is 25.0 Å². The Bertz CT molecular complexity index is 1410. The number of hydrogen-bond donors (Lipinski definition) is 0. The van der Waals surface area contributed by atoms with Gasteiger partial charge in [0.05, 0.1) is 16.8 Å². The maximum Gasteiger partial charge on any atom is 0.178 e. The van der Waals surface area contributed by atoms with Crippen LogP contribution in [0.2, 0.25) is 0 Å². The minimum absolute atomic E-state index is 0.0148. The molecular weight excluding hydrogens is 492 g/mol. The zero-order chi connectivity index (χ0) is 26.2. The summed E-state index contributed by atoms with van der Waals surface area (Å²) < 4.78 is 33.8. The molecule has 0 spiro atoms. The van der Waals surface area contributed by atoms with Crippen molar-refractivity contribution in [2.45, 2.75) is 29.4 Å². The van der Waals surface area contributed by atoms with Gasteiger partial charge in [-0.05, 0) is 47.1 Å². The van der Waals surface area contributed by atoms with Crippen molar-refractivity contribution in [3.8, 4) is 0 Å². The number of carbonyl (C=O) groups is 1. The Labute approximate surface area is 224 Å². The molecule has 0 N–H and O–H groups in total. The highest BCUT2D eigenvalue weighted by molar-refractivity contribution is 7.91. The standard InChI is InChI=1S/C33H30O4S/c34-30-22-24-21-25(23-38(35,36)29-19-11-4-12-20-29)31(30)32(24)37-33(26-13-5-1-6-14-26,27-15-7-2-8-16-27)28-17-9-3-10-18-28/h1-20,24-25,31-32H,21-23H2/t24-,25+,31+,32-/m0/s1. The topological polar surface area (TPSA) is 60.4 Å². The van der Waals surface area contributed by atoms with E-state index in [9.17, 15) is 13.2 Å². The van der Waals surface area contributed by atoms with Crippen molar-refractivity contribution >= 4 is 15.6 Å². The Kier molecular flexibility index (Phi) is 6.50. The lowest BCUT2D eigenvalue weighted by molar-refractivity contribution is -0.126. The molecule has 0 unspecified atom stereocenters. The number of hydrogen-bond acceptors (Lipinski definition) is 4. The summed E-state index contributed by atoms with van der Waals surface area (Å²) in [6.45, 7) is 0. The lowest BCUT2D eigenvalue weighted by Crippen LogP contribution is -2.40. The van der Waals surface area contributed by atoms with Crippen LogP contribution in [0.25, 0.3) is 0 Å². The highest BCUT2D eigenvalue weighted by atomic mass is 32.2. The Morgan fingerprint density at radius 2 is 1.13 bits per heavy atom. The van der Waals surface area contributed by atoms with E-state index in [0.717, 1.165) is 16.7 Å². The van der Waals surface area contributed by atoms with Gasteiger partial charge in [0.1, 0.15) is 11.4 Å². The van der Waals surface area contributed by atoms with E-state index in [1.54, 1.807) is 30.3 Å². The summed E-state index contributed by atoms with van der Waals surface area (Å²) in [5.41, 5.74) is 1.99. The van der Waals surface area contributed by atoms with Gasteiger partial charge in [-0.25, -0.2) is 8.42 Å². The minimum Gasteiger partial charge on any atom is -0.357 e. The average molecular weight is 523 g/mol. The average Bonchev–Trinajstić information content (AvgIpc) is 3.44. The molecule has 4 aromatic carbocycles. The SMILES string of the molecule is O=C1C[C@@H]2C[C@H](CS(=O)(=O)c3ccccc3)[C@H]1[C@H]2OC(c1ccccc1)(c1ccccc1)c1ccccc1. The van der Waals surface area contributed by atoms with Crippen LogP contribution in [-0.4, -0.2) is 26.1 Å². The summed E-state index contributed by atoms with van der Waals surface area (Å²) >= 11 is 0. The third kappa shape index (κ3) is 4.30. The van der Waals surface area contributed by atoms with E-state index in [1.807, 2.05) is 54.6 Å². The number of ether oxygens (including phenoxy) is 1. The Balaban J connectivity index is 1.42. The molecular formula is C33H30O4S. The first-order valence-electron chi connectivity index (χ1n) is 13.1. The second-order valence-electron chi connectivity index (χ2n) is 10.4. The summed E-state index contributed by atoms with van der Waals surface area (Å²) in [5.74, 6) is -0.661. The number of carbonyl (C=O) groups excluding carboxylic acids is 1. The third-order valence-electron chi connectivity index (χ3n) is 8.16. The first-order chi connectivity index (χ1) is 18.5. The van der Waals surface area contributed by atoms with Crippen LogP contribution in [0.15, 0.2) is 126 Å². The van der Waals surface area contributed by atoms with Gasteiger partial charge in [-0.3, -0.25) is 4.79 Å². The number of benzene rings is 4. The summed E-state index contributed by atoms with van der Waals surface area (Å²) in [4.78, 5) is 13.6. The zero-order valence-electron chi connectivity index (χ0n) is 21.0. The molecule has 4 nitrogen and oxygen atoms in total. The van der Waals surface area contributed by atoms with Gasteiger partial charge in [-0.1, -0.05) is 109 Å². The quantitative estimate of drug-likeness (QED) is 0.264.